The molecule has 13 heteroatoms. The summed E-state index contributed by atoms with van der Waals surface area (Å²) in [6.07, 6.45) is 8.36. The SMILES string of the molecule is O=C(CCc1nc(-c2ccc([N+](=O)[O-])s2)no1)NCCCNC1=C2C=CC=CC2C(=O)N=N1. The molecule has 33 heavy (non-hydrogen) atoms. The molecule has 0 spiro atoms. The number of azo groups is 1. The van der Waals surface area contributed by atoms with Crippen molar-refractivity contribution in [1.29, 1.82) is 0 Å². The molecule has 4 rings (SSSR count). The summed E-state index contributed by atoms with van der Waals surface area (Å²) >= 11 is 0.955. The molecule has 2 aliphatic rings. The summed E-state index contributed by atoms with van der Waals surface area (Å²) < 4.78 is 5.13. The van der Waals surface area contributed by atoms with E-state index in [0.717, 1.165) is 16.9 Å². The number of aromatic nitrogens is 2. The van der Waals surface area contributed by atoms with Gasteiger partial charge in [-0.05, 0) is 12.5 Å². The fourth-order valence-electron chi connectivity index (χ4n) is 3.17. The normalized spacial score (nSPS) is 16.7. The number of thiophene rings is 1. The Labute approximate surface area is 191 Å². The number of amides is 2. The molecule has 0 aromatic carbocycles. The maximum Gasteiger partial charge on any atom is 0.324 e. The van der Waals surface area contributed by atoms with E-state index in [1.54, 1.807) is 12.1 Å². The van der Waals surface area contributed by atoms with E-state index in [1.165, 1.54) is 6.07 Å². The Morgan fingerprint density at radius 2 is 2.12 bits per heavy atom. The lowest BCUT2D eigenvalue weighted by atomic mass is 9.93. The lowest BCUT2D eigenvalue weighted by Crippen LogP contribution is -2.28. The van der Waals surface area contributed by atoms with Crippen molar-refractivity contribution in [2.24, 2.45) is 16.1 Å². The van der Waals surface area contributed by atoms with Crippen LogP contribution in [0.3, 0.4) is 0 Å². The van der Waals surface area contributed by atoms with Crippen LogP contribution < -0.4 is 10.6 Å². The van der Waals surface area contributed by atoms with Crippen molar-refractivity contribution in [3.63, 3.8) is 0 Å². The average Bonchev–Trinajstić information content (AvgIpc) is 3.49. The van der Waals surface area contributed by atoms with Gasteiger partial charge in [0.25, 0.3) is 5.91 Å². The Morgan fingerprint density at radius 1 is 1.24 bits per heavy atom. The highest BCUT2D eigenvalue weighted by Gasteiger charge is 2.27. The summed E-state index contributed by atoms with van der Waals surface area (Å²) in [4.78, 5) is 38.9. The second-order valence-corrected chi connectivity index (χ2v) is 8.16. The van der Waals surface area contributed by atoms with Crippen LogP contribution in [0.2, 0.25) is 0 Å². The number of rotatable bonds is 10. The van der Waals surface area contributed by atoms with Crippen molar-refractivity contribution in [3.8, 4) is 10.7 Å². The maximum atomic E-state index is 12.1. The molecule has 1 atom stereocenters. The van der Waals surface area contributed by atoms with Gasteiger partial charge in [0.15, 0.2) is 5.82 Å². The van der Waals surface area contributed by atoms with Gasteiger partial charge >= 0.3 is 5.00 Å². The van der Waals surface area contributed by atoms with Crippen LogP contribution >= 0.6 is 11.3 Å². The average molecular weight is 469 g/mol. The number of nitrogens with one attached hydrogen (secondary N) is 2. The second kappa shape index (κ2) is 10.1. The topological polar surface area (TPSA) is 165 Å². The minimum Gasteiger partial charge on any atom is -0.368 e. The Kier molecular flexibility index (Phi) is 6.78. The van der Waals surface area contributed by atoms with Crippen LogP contribution in [0, 0.1) is 16.0 Å². The number of fused-ring (bicyclic) bond motifs is 1. The monoisotopic (exact) mass is 469 g/mol. The highest BCUT2D eigenvalue weighted by atomic mass is 32.1. The molecular formula is C20H19N7O5S. The van der Waals surface area contributed by atoms with Crippen molar-refractivity contribution in [1.82, 2.24) is 20.8 Å². The summed E-state index contributed by atoms with van der Waals surface area (Å²) in [6.45, 7) is 1.01. The van der Waals surface area contributed by atoms with Crippen LogP contribution in [0.4, 0.5) is 5.00 Å². The van der Waals surface area contributed by atoms with Crippen LogP contribution in [0.15, 0.2) is 62.6 Å². The van der Waals surface area contributed by atoms with Crippen LogP contribution in [-0.4, -0.2) is 40.0 Å². The van der Waals surface area contributed by atoms with Crippen LogP contribution in [-0.2, 0) is 16.0 Å². The standard InChI is InChI=1S/C20H19N7O5S/c28-15(7-8-16-23-19(26-32-16)14-6-9-17(33-14)27(30)31)21-10-3-11-22-18-12-4-1-2-5-13(12)20(29)25-24-18/h1-2,4-6,9,13,22H,3,7-8,10-11H2,(H,21,28). The molecule has 3 heterocycles. The highest BCUT2D eigenvalue weighted by molar-refractivity contribution is 7.18. The van der Waals surface area contributed by atoms with Crippen LogP contribution in [0.25, 0.3) is 10.7 Å². The van der Waals surface area contributed by atoms with E-state index in [2.05, 4.69) is 31.0 Å². The van der Waals surface area contributed by atoms with Crippen molar-refractivity contribution in [2.75, 3.05) is 13.1 Å². The number of nitrogens with zero attached hydrogens (tertiary/aromatic N) is 5. The minimum atomic E-state index is -0.478. The molecule has 0 saturated carbocycles. The molecule has 0 radical (unpaired) electrons. The number of hydrogen-bond acceptors (Lipinski definition) is 10. The Bertz CT molecular complexity index is 1190. The number of carbonyl (C=O) groups excluding carboxylic acids is 2. The summed E-state index contributed by atoms with van der Waals surface area (Å²) in [5.74, 6) is 0.273. The Hall–Kier alpha value is -4.00. The van der Waals surface area contributed by atoms with E-state index < -0.39 is 10.8 Å². The molecule has 1 aliphatic heterocycles. The molecule has 2 aromatic heterocycles. The van der Waals surface area contributed by atoms with Crippen molar-refractivity contribution in [3.05, 3.63) is 63.8 Å². The van der Waals surface area contributed by atoms with Gasteiger partial charge in [0.05, 0.1) is 15.7 Å². The predicted molar refractivity (Wildman–Crippen MR) is 117 cm³/mol. The van der Waals surface area contributed by atoms with E-state index >= 15 is 0 Å². The summed E-state index contributed by atoms with van der Waals surface area (Å²) in [7, 11) is 0. The molecule has 2 amide bonds. The molecule has 2 aromatic rings. The minimum absolute atomic E-state index is 0.00545. The summed E-state index contributed by atoms with van der Waals surface area (Å²) in [5.41, 5.74) is 0.789. The zero-order valence-electron chi connectivity index (χ0n) is 17.3. The molecule has 1 aliphatic carbocycles. The van der Waals surface area contributed by atoms with Crippen LogP contribution in [0.5, 0.6) is 0 Å². The van der Waals surface area contributed by atoms with E-state index in [4.69, 9.17) is 4.52 Å². The fourth-order valence-corrected chi connectivity index (χ4v) is 3.92. The Morgan fingerprint density at radius 3 is 2.94 bits per heavy atom. The number of aryl methyl sites for hydroxylation is 1. The zero-order chi connectivity index (χ0) is 23.2. The van der Waals surface area contributed by atoms with Crippen molar-refractivity contribution >= 4 is 28.2 Å². The van der Waals surface area contributed by atoms with Crippen molar-refractivity contribution < 1.29 is 19.0 Å². The first-order valence-corrected chi connectivity index (χ1v) is 11.0. The van der Waals surface area contributed by atoms with E-state index in [1.807, 2.05) is 18.2 Å². The second-order valence-electron chi connectivity index (χ2n) is 7.10. The lowest BCUT2D eigenvalue weighted by Gasteiger charge is -2.20. The molecule has 0 bridgehead atoms. The van der Waals surface area contributed by atoms with E-state index in [9.17, 15) is 19.7 Å². The molecule has 0 fully saturated rings. The molecule has 0 saturated heterocycles. The van der Waals surface area contributed by atoms with Gasteiger partial charge in [0.2, 0.25) is 17.6 Å². The third-order valence-corrected chi connectivity index (χ3v) is 5.84. The third-order valence-electron chi connectivity index (χ3n) is 4.81. The first kappa shape index (κ1) is 22.2. The smallest absolute Gasteiger partial charge is 0.324 e. The van der Waals surface area contributed by atoms with Gasteiger partial charge in [0.1, 0.15) is 0 Å². The predicted octanol–water partition coefficient (Wildman–Crippen LogP) is 2.68. The number of carbonyl (C=O) groups is 2. The summed E-state index contributed by atoms with van der Waals surface area (Å²) in [6, 6.07) is 2.94. The maximum absolute atomic E-state index is 12.1. The van der Waals surface area contributed by atoms with Gasteiger partial charge in [-0.1, -0.05) is 40.8 Å². The summed E-state index contributed by atoms with van der Waals surface area (Å²) in [5, 5.41) is 28.2. The molecule has 170 valence electrons. The van der Waals surface area contributed by atoms with Gasteiger partial charge in [-0.25, -0.2) is 0 Å². The molecular weight excluding hydrogens is 450 g/mol. The van der Waals surface area contributed by atoms with Gasteiger partial charge in [-0.3, -0.25) is 19.7 Å². The van der Waals surface area contributed by atoms with Gasteiger partial charge in [-0.15, -0.1) is 10.2 Å². The Balaban J connectivity index is 1.16. The number of nitro groups is 1. The first-order chi connectivity index (χ1) is 16.0. The number of hydrogen-bond donors (Lipinski definition) is 2. The first-order valence-electron chi connectivity index (χ1n) is 10.1. The molecule has 12 nitrogen and oxygen atoms in total. The van der Waals surface area contributed by atoms with Crippen LogP contribution in [0.1, 0.15) is 18.7 Å². The number of allylic oxidation sites excluding steroid dienone is 3. The van der Waals surface area contributed by atoms with Gasteiger partial charge < -0.3 is 15.2 Å². The molecule has 1 unspecified atom stereocenters. The largest absolute Gasteiger partial charge is 0.368 e. The van der Waals surface area contributed by atoms with Crippen molar-refractivity contribution in [2.45, 2.75) is 19.3 Å². The van der Waals surface area contributed by atoms with E-state index in [-0.39, 0.29) is 41.4 Å². The zero-order valence-corrected chi connectivity index (χ0v) is 18.1. The third kappa shape index (κ3) is 5.44. The highest BCUT2D eigenvalue weighted by Crippen LogP contribution is 2.31. The van der Waals surface area contributed by atoms with Gasteiger partial charge in [0, 0.05) is 37.6 Å². The lowest BCUT2D eigenvalue weighted by molar-refractivity contribution is -0.380. The fraction of sp³-hybridized carbons (Fsp3) is 0.300. The molecule has 2 N–H and O–H groups in total. The van der Waals surface area contributed by atoms with E-state index in [0.29, 0.717) is 30.2 Å². The quantitative estimate of drug-likeness (QED) is 0.304. The van der Waals surface area contributed by atoms with Gasteiger partial charge in [-0.2, -0.15) is 4.98 Å².